The zero-order valence-corrected chi connectivity index (χ0v) is 20.7. The van der Waals surface area contributed by atoms with Gasteiger partial charge in [-0.25, -0.2) is 31.6 Å². The summed E-state index contributed by atoms with van der Waals surface area (Å²) in [5.74, 6) is -0.365. The minimum Gasteiger partial charge on any atom is -0.481 e. The van der Waals surface area contributed by atoms with Crippen LogP contribution in [0.5, 0.6) is 5.88 Å². The van der Waals surface area contributed by atoms with Gasteiger partial charge in [0.05, 0.1) is 30.0 Å². The molecule has 0 amide bonds. The molecule has 0 bridgehead atoms. The third-order valence-corrected chi connectivity index (χ3v) is 8.04. The van der Waals surface area contributed by atoms with Crippen molar-refractivity contribution in [3.8, 4) is 5.88 Å². The molecule has 1 aliphatic rings. The van der Waals surface area contributed by atoms with Crippen LogP contribution < -0.4 is 10.1 Å². The summed E-state index contributed by atoms with van der Waals surface area (Å²) in [6.07, 6.45) is -0.787. The van der Waals surface area contributed by atoms with Crippen LogP contribution in [-0.2, 0) is 9.84 Å². The van der Waals surface area contributed by atoms with Crippen molar-refractivity contribution in [2.45, 2.75) is 51.7 Å². The van der Waals surface area contributed by atoms with E-state index in [0.717, 1.165) is 24.6 Å². The number of halogens is 3. The number of ether oxygens (including phenoxy) is 1. The van der Waals surface area contributed by atoms with Crippen molar-refractivity contribution in [3.63, 3.8) is 0 Å². The van der Waals surface area contributed by atoms with Crippen LogP contribution >= 0.6 is 0 Å². The first-order valence-electron chi connectivity index (χ1n) is 11.3. The molecule has 1 N–H and O–H groups in total. The van der Waals surface area contributed by atoms with Crippen molar-refractivity contribution >= 4 is 26.7 Å². The van der Waals surface area contributed by atoms with Gasteiger partial charge in [-0.15, -0.1) is 0 Å². The van der Waals surface area contributed by atoms with Gasteiger partial charge in [-0.2, -0.15) is 4.98 Å². The summed E-state index contributed by atoms with van der Waals surface area (Å²) in [5, 5.41) is 3.63. The summed E-state index contributed by atoms with van der Waals surface area (Å²) in [4.78, 5) is 13.4. The fourth-order valence-corrected chi connectivity index (χ4v) is 5.94. The third-order valence-electron chi connectivity index (χ3n) is 6.32. The molecule has 2 aromatic heterocycles. The first kappa shape index (κ1) is 25.2. The van der Waals surface area contributed by atoms with E-state index < -0.39 is 33.7 Å². The average Bonchev–Trinajstić information content (AvgIpc) is 2.79. The highest BCUT2D eigenvalue weighted by Gasteiger charge is 2.28. The molecule has 35 heavy (non-hydrogen) atoms. The van der Waals surface area contributed by atoms with Crippen LogP contribution in [0.25, 0.3) is 11.0 Å². The fraction of sp³-hybridized carbons (Fsp3) is 0.458. The number of fused-ring (bicyclic) bond motifs is 1. The molecule has 1 saturated heterocycles. The lowest BCUT2D eigenvalue weighted by atomic mass is 9.93. The number of rotatable bonds is 6. The monoisotopic (exact) mass is 508 g/mol. The first-order valence-corrected chi connectivity index (χ1v) is 13.1. The predicted molar refractivity (Wildman–Crippen MR) is 127 cm³/mol. The van der Waals surface area contributed by atoms with Crippen LogP contribution in [0.2, 0.25) is 0 Å². The molecule has 0 saturated carbocycles. The molecule has 1 fully saturated rings. The highest BCUT2D eigenvalue weighted by atomic mass is 32.2. The third kappa shape index (κ3) is 5.19. The predicted octanol–water partition coefficient (Wildman–Crippen LogP) is 5.12. The van der Waals surface area contributed by atoms with E-state index in [1.165, 1.54) is 7.11 Å². The molecule has 0 spiro atoms. The summed E-state index contributed by atoms with van der Waals surface area (Å²) < 4.78 is 72.2. The fourth-order valence-electron chi connectivity index (χ4n) is 4.45. The quantitative estimate of drug-likeness (QED) is 0.494. The van der Waals surface area contributed by atoms with E-state index in [1.807, 2.05) is 6.07 Å². The van der Waals surface area contributed by atoms with Crippen molar-refractivity contribution in [1.82, 2.24) is 15.0 Å². The number of alkyl halides is 1. The Balaban J connectivity index is 1.77. The number of hydrogen-bond donors (Lipinski definition) is 1. The maximum Gasteiger partial charge on any atom is 0.218 e. The Hall–Kier alpha value is -2.95. The largest absolute Gasteiger partial charge is 0.481 e. The molecular weight excluding hydrogens is 481 g/mol. The van der Waals surface area contributed by atoms with Crippen LogP contribution in [0.15, 0.2) is 18.2 Å². The van der Waals surface area contributed by atoms with Crippen LogP contribution in [0, 0.1) is 18.6 Å². The second kappa shape index (κ2) is 9.60. The Morgan fingerprint density at radius 2 is 1.71 bits per heavy atom. The number of nitrogens with one attached hydrogen (secondary N) is 1. The smallest absolute Gasteiger partial charge is 0.218 e. The molecule has 11 heteroatoms. The van der Waals surface area contributed by atoms with E-state index >= 15 is 0 Å². The number of nitrogens with zero attached hydrogens (tertiary/aromatic N) is 3. The summed E-state index contributed by atoms with van der Waals surface area (Å²) in [6, 6.07) is 2.94. The van der Waals surface area contributed by atoms with E-state index in [9.17, 15) is 21.6 Å². The highest BCUT2D eigenvalue weighted by Crippen LogP contribution is 2.37. The second-order valence-corrected chi connectivity index (χ2v) is 11.2. The Bertz CT molecular complexity index is 1370. The van der Waals surface area contributed by atoms with Crippen LogP contribution in [0.1, 0.15) is 67.3 Å². The number of methoxy groups -OCH3 is 1. The number of pyridine rings is 1. The Morgan fingerprint density at radius 1 is 1.06 bits per heavy atom. The Labute approximate surface area is 202 Å². The van der Waals surface area contributed by atoms with E-state index in [2.05, 4.69) is 20.3 Å². The normalized spacial score (nSPS) is 17.8. The van der Waals surface area contributed by atoms with Gasteiger partial charge in [0.2, 0.25) is 5.88 Å². The molecule has 1 unspecified atom stereocenters. The lowest BCUT2D eigenvalue weighted by Gasteiger charge is -2.24. The second-order valence-electron chi connectivity index (χ2n) is 8.88. The Morgan fingerprint density at radius 3 is 2.34 bits per heavy atom. The van der Waals surface area contributed by atoms with Gasteiger partial charge >= 0.3 is 0 Å². The molecule has 7 nitrogen and oxygen atoms in total. The van der Waals surface area contributed by atoms with Gasteiger partial charge in [0.15, 0.2) is 5.65 Å². The summed E-state index contributed by atoms with van der Waals surface area (Å²) in [7, 11) is -1.57. The van der Waals surface area contributed by atoms with Crippen molar-refractivity contribution in [2.75, 3.05) is 23.9 Å². The Kier molecular flexibility index (Phi) is 6.90. The van der Waals surface area contributed by atoms with Crippen molar-refractivity contribution in [1.29, 1.82) is 0 Å². The zero-order valence-electron chi connectivity index (χ0n) is 19.9. The molecule has 4 rings (SSSR count). The van der Waals surface area contributed by atoms with Gasteiger partial charge < -0.3 is 10.1 Å². The number of benzene rings is 1. The van der Waals surface area contributed by atoms with Gasteiger partial charge in [-0.05, 0) is 57.7 Å². The molecule has 188 valence electrons. The molecule has 2 atom stereocenters. The van der Waals surface area contributed by atoms with E-state index in [0.29, 0.717) is 41.4 Å². The zero-order chi connectivity index (χ0) is 25.5. The van der Waals surface area contributed by atoms with Crippen LogP contribution in [0.3, 0.4) is 0 Å². The summed E-state index contributed by atoms with van der Waals surface area (Å²) >= 11 is 0. The van der Waals surface area contributed by atoms with Crippen molar-refractivity contribution in [3.05, 3.63) is 52.3 Å². The molecule has 1 aliphatic heterocycles. The molecule has 0 aliphatic carbocycles. The number of hydrogen-bond acceptors (Lipinski definition) is 7. The summed E-state index contributed by atoms with van der Waals surface area (Å²) in [5.41, 5.74) is 0.698. The standard InChI is InChI=1S/C24H27F3N4O3S/c1-12(25)17-9-16(26)10-18(21(17)27)13(2)28-22-20-11-19(15-5-7-35(32,33)8-6-15)24(34-4)31-23(20)30-14(3)29-22/h9-13,15H,5-8H2,1-4H3,(H,28,29,30,31)/t12?,13-/m1/s1. The molecule has 0 radical (unpaired) electrons. The highest BCUT2D eigenvalue weighted by molar-refractivity contribution is 7.91. The number of sulfone groups is 1. The lowest BCUT2D eigenvalue weighted by molar-refractivity contribution is 0.357. The average molecular weight is 509 g/mol. The molecule has 3 heterocycles. The van der Waals surface area contributed by atoms with Crippen molar-refractivity contribution in [2.24, 2.45) is 0 Å². The van der Waals surface area contributed by atoms with Gasteiger partial charge in [0.1, 0.15) is 39.3 Å². The van der Waals surface area contributed by atoms with Crippen molar-refractivity contribution < 1.29 is 26.3 Å². The maximum absolute atomic E-state index is 15.0. The van der Waals surface area contributed by atoms with E-state index in [4.69, 9.17) is 4.74 Å². The first-order chi connectivity index (χ1) is 16.5. The van der Waals surface area contributed by atoms with Gasteiger partial charge in [-0.3, -0.25) is 0 Å². The lowest BCUT2D eigenvalue weighted by Crippen LogP contribution is -2.22. The molecule has 1 aromatic carbocycles. The van der Waals surface area contributed by atoms with Gasteiger partial charge in [-0.1, -0.05) is 0 Å². The van der Waals surface area contributed by atoms with E-state index in [-0.39, 0.29) is 28.6 Å². The SMILES string of the molecule is COc1nc2nc(C)nc(N[C@H](C)c3cc(F)cc(C(C)F)c3F)c2cc1C1CCS(=O)(=O)CC1. The minimum absolute atomic E-state index is 0.0342. The van der Waals surface area contributed by atoms with Crippen LogP contribution in [-0.4, -0.2) is 42.0 Å². The molecule has 3 aromatic rings. The van der Waals surface area contributed by atoms with E-state index in [1.54, 1.807) is 13.8 Å². The summed E-state index contributed by atoms with van der Waals surface area (Å²) in [6.45, 7) is 4.45. The topological polar surface area (TPSA) is 94.1 Å². The van der Waals surface area contributed by atoms with Crippen LogP contribution in [0.4, 0.5) is 19.0 Å². The number of anilines is 1. The number of aromatic nitrogens is 3. The van der Waals surface area contributed by atoms with Gasteiger partial charge in [0, 0.05) is 16.7 Å². The van der Waals surface area contributed by atoms with Gasteiger partial charge in [0.25, 0.3) is 0 Å². The minimum atomic E-state index is -3.05. The molecular formula is C24H27F3N4O3S. The maximum atomic E-state index is 15.0. The number of aryl methyl sites for hydroxylation is 1.